The first-order chi connectivity index (χ1) is 9.27. The Bertz CT molecular complexity index is 516. The van der Waals surface area contributed by atoms with E-state index in [1.165, 1.54) is 12.1 Å². The van der Waals surface area contributed by atoms with E-state index in [1.807, 2.05) is 0 Å². The maximum absolute atomic E-state index is 13.4. The summed E-state index contributed by atoms with van der Waals surface area (Å²) in [6.07, 6.45) is -7.34. The Hall–Kier alpha value is -1.12. The Kier molecular flexibility index (Phi) is 5.97. The van der Waals surface area contributed by atoms with Crippen LogP contribution >= 0.6 is 0 Å². The van der Waals surface area contributed by atoms with Gasteiger partial charge >= 0.3 is 0 Å². The molecule has 0 fully saturated rings. The first-order valence-corrected chi connectivity index (χ1v) is 7.10. The van der Waals surface area contributed by atoms with Gasteiger partial charge in [0.15, 0.2) is 12.3 Å². The molecule has 0 amide bonds. The summed E-state index contributed by atoms with van der Waals surface area (Å²) in [4.78, 5) is -0.165. The molecule has 0 spiro atoms. The molecule has 1 unspecified atom stereocenters. The van der Waals surface area contributed by atoms with Crippen LogP contribution in [0, 0.1) is 6.92 Å². The van der Waals surface area contributed by atoms with Gasteiger partial charge in [-0.05, 0) is 19.1 Å². The first-order valence-electron chi connectivity index (χ1n) is 5.69. The lowest BCUT2D eigenvalue weighted by Crippen LogP contribution is -2.35. The van der Waals surface area contributed by atoms with Crippen molar-refractivity contribution in [2.24, 2.45) is 0 Å². The number of methoxy groups -OCH3 is 1. The fourth-order valence-electron chi connectivity index (χ4n) is 1.43. The topological polar surface area (TPSA) is 52.6 Å². The zero-order valence-electron chi connectivity index (χ0n) is 10.9. The SMILES string of the molecule is CO[C@@H](C(F)F)C(F)COS(=O)(=O)c1ccc(C)cc1. The van der Waals surface area contributed by atoms with Crippen LogP contribution in [-0.2, 0) is 19.0 Å². The van der Waals surface area contributed by atoms with Crippen molar-refractivity contribution in [1.82, 2.24) is 0 Å². The van der Waals surface area contributed by atoms with E-state index in [-0.39, 0.29) is 4.90 Å². The summed E-state index contributed by atoms with van der Waals surface area (Å²) >= 11 is 0. The van der Waals surface area contributed by atoms with Crippen molar-refractivity contribution < 1.29 is 30.5 Å². The number of aryl methyl sites for hydroxylation is 1. The predicted octanol–water partition coefficient (Wildman–Crippen LogP) is 2.32. The highest BCUT2D eigenvalue weighted by Crippen LogP contribution is 2.17. The van der Waals surface area contributed by atoms with Gasteiger partial charge in [-0.15, -0.1) is 0 Å². The van der Waals surface area contributed by atoms with Crippen molar-refractivity contribution in [3.05, 3.63) is 29.8 Å². The molecular weight excluding hydrogens is 297 g/mol. The molecule has 4 nitrogen and oxygen atoms in total. The Morgan fingerprint density at radius 1 is 1.15 bits per heavy atom. The van der Waals surface area contributed by atoms with E-state index in [1.54, 1.807) is 19.1 Å². The lowest BCUT2D eigenvalue weighted by Gasteiger charge is -2.18. The second-order valence-electron chi connectivity index (χ2n) is 4.10. The molecule has 0 N–H and O–H groups in total. The Morgan fingerprint density at radius 2 is 1.70 bits per heavy atom. The molecule has 0 aliphatic heterocycles. The molecule has 0 saturated carbocycles. The van der Waals surface area contributed by atoms with E-state index in [0.717, 1.165) is 12.7 Å². The third-order valence-corrected chi connectivity index (χ3v) is 3.86. The van der Waals surface area contributed by atoms with Crippen LogP contribution in [0.15, 0.2) is 29.2 Å². The lowest BCUT2D eigenvalue weighted by molar-refractivity contribution is -0.0809. The lowest BCUT2D eigenvalue weighted by atomic mass is 10.2. The molecule has 114 valence electrons. The van der Waals surface area contributed by atoms with Gasteiger partial charge in [0.2, 0.25) is 0 Å². The summed E-state index contributed by atoms with van der Waals surface area (Å²) in [5.74, 6) is 0. The maximum atomic E-state index is 13.4. The zero-order chi connectivity index (χ0) is 15.3. The van der Waals surface area contributed by atoms with Crippen molar-refractivity contribution in [2.45, 2.75) is 30.5 Å². The molecule has 1 aromatic carbocycles. The molecule has 2 atom stereocenters. The minimum absolute atomic E-state index is 0.165. The van der Waals surface area contributed by atoms with Gasteiger partial charge in [0.05, 0.1) is 4.90 Å². The summed E-state index contributed by atoms with van der Waals surface area (Å²) in [7, 11) is -3.27. The summed E-state index contributed by atoms with van der Waals surface area (Å²) in [6, 6.07) is 5.66. The van der Waals surface area contributed by atoms with Gasteiger partial charge in [-0.25, -0.2) is 13.2 Å². The van der Waals surface area contributed by atoms with Gasteiger partial charge in [-0.2, -0.15) is 8.42 Å². The second-order valence-corrected chi connectivity index (χ2v) is 5.72. The molecule has 20 heavy (non-hydrogen) atoms. The van der Waals surface area contributed by atoms with Crippen LogP contribution in [0.25, 0.3) is 0 Å². The van der Waals surface area contributed by atoms with Crippen LogP contribution < -0.4 is 0 Å². The molecule has 0 aliphatic carbocycles. The minimum atomic E-state index is -4.18. The van der Waals surface area contributed by atoms with E-state index in [2.05, 4.69) is 8.92 Å². The van der Waals surface area contributed by atoms with E-state index >= 15 is 0 Å². The quantitative estimate of drug-likeness (QED) is 0.725. The van der Waals surface area contributed by atoms with Crippen LogP contribution in [0.2, 0.25) is 0 Å². The van der Waals surface area contributed by atoms with Gasteiger partial charge in [0, 0.05) is 7.11 Å². The number of hydrogen-bond donors (Lipinski definition) is 0. The average molecular weight is 312 g/mol. The number of rotatable bonds is 7. The summed E-state index contributed by atoms with van der Waals surface area (Å²) in [5, 5.41) is 0. The predicted molar refractivity (Wildman–Crippen MR) is 66.0 cm³/mol. The van der Waals surface area contributed by atoms with Gasteiger partial charge in [-0.1, -0.05) is 17.7 Å². The Morgan fingerprint density at radius 3 is 2.15 bits per heavy atom. The molecule has 1 aromatic rings. The standard InChI is InChI=1S/C12H15F3O4S/c1-8-3-5-9(6-4-8)20(16,17)19-7-10(13)11(18-2)12(14)15/h3-6,10-12H,7H2,1-2H3/t10?,11-/m1/s1. The van der Waals surface area contributed by atoms with Crippen molar-refractivity contribution in [1.29, 1.82) is 0 Å². The summed E-state index contributed by atoms with van der Waals surface area (Å²) in [6.45, 7) is 0.736. The highest BCUT2D eigenvalue weighted by molar-refractivity contribution is 7.86. The van der Waals surface area contributed by atoms with Crippen LogP contribution in [0.5, 0.6) is 0 Å². The van der Waals surface area contributed by atoms with Crippen molar-refractivity contribution in [3.63, 3.8) is 0 Å². The van der Waals surface area contributed by atoms with Crippen molar-refractivity contribution >= 4 is 10.1 Å². The maximum Gasteiger partial charge on any atom is 0.297 e. The molecule has 1 rings (SSSR count). The fourth-order valence-corrected chi connectivity index (χ4v) is 2.35. The fraction of sp³-hybridized carbons (Fsp3) is 0.500. The molecule has 0 heterocycles. The van der Waals surface area contributed by atoms with Crippen molar-refractivity contribution in [2.75, 3.05) is 13.7 Å². The third-order valence-electron chi connectivity index (χ3n) is 2.57. The number of hydrogen-bond acceptors (Lipinski definition) is 4. The average Bonchev–Trinajstić information content (AvgIpc) is 2.37. The Labute approximate surface area is 115 Å². The molecule has 0 bridgehead atoms. The zero-order valence-corrected chi connectivity index (χ0v) is 11.7. The number of ether oxygens (including phenoxy) is 1. The highest BCUT2D eigenvalue weighted by atomic mass is 32.2. The van der Waals surface area contributed by atoms with E-state index in [4.69, 9.17) is 0 Å². The molecule has 0 aliphatic rings. The Balaban J connectivity index is 2.70. The van der Waals surface area contributed by atoms with Gasteiger partial charge in [0.1, 0.15) is 6.61 Å². The summed E-state index contributed by atoms with van der Waals surface area (Å²) < 4.78 is 70.3. The van der Waals surface area contributed by atoms with Gasteiger partial charge < -0.3 is 4.74 Å². The van der Waals surface area contributed by atoms with Gasteiger partial charge in [0.25, 0.3) is 16.5 Å². The highest BCUT2D eigenvalue weighted by Gasteiger charge is 2.31. The van der Waals surface area contributed by atoms with Crippen LogP contribution in [0.4, 0.5) is 13.2 Å². The molecule has 0 saturated heterocycles. The van der Waals surface area contributed by atoms with Crippen LogP contribution in [-0.4, -0.2) is 40.8 Å². The molecular formula is C12H15F3O4S. The third kappa shape index (κ3) is 4.46. The molecule has 8 heteroatoms. The monoisotopic (exact) mass is 312 g/mol. The summed E-state index contributed by atoms with van der Waals surface area (Å²) in [5.41, 5.74) is 0.837. The number of halogens is 3. The number of alkyl halides is 3. The first kappa shape index (κ1) is 16.9. The van der Waals surface area contributed by atoms with E-state index < -0.39 is 35.4 Å². The molecule has 0 radical (unpaired) electrons. The van der Waals surface area contributed by atoms with Crippen molar-refractivity contribution in [3.8, 4) is 0 Å². The van der Waals surface area contributed by atoms with E-state index in [9.17, 15) is 21.6 Å². The van der Waals surface area contributed by atoms with Gasteiger partial charge in [-0.3, -0.25) is 4.18 Å². The van der Waals surface area contributed by atoms with E-state index in [0.29, 0.717) is 0 Å². The number of benzene rings is 1. The smallest absolute Gasteiger partial charge is 0.297 e. The van der Waals surface area contributed by atoms with Crippen LogP contribution in [0.3, 0.4) is 0 Å². The largest absolute Gasteiger partial charge is 0.372 e. The second kappa shape index (κ2) is 7.05. The van der Waals surface area contributed by atoms with Crippen LogP contribution in [0.1, 0.15) is 5.56 Å². The molecule has 0 aromatic heterocycles. The minimum Gasteiger partial charge on any atom is -0.372 e. The normalized spacial score (nSPS) is 15.3.